The van der Waals surface area contributed by atoms with Crippen molar-refractivity contribution in [2.45, 2.75) is 19.4 Å². The molecule has 0 radical (unpaired) electrons. The number of hydrogen-bond acceptors (Lipinski definition) is 2. The molecule has 3 nitrogen and oxygen atoms in total. The van der Waals surface area contributed by atoms with E-state index in [1.807, 2.05) is 6.92 Å². The average molecular weight is 289 g/mol. The van der Waals surface area contributed by atoms with Crippen LogP contribution < -0.4 is 0 Å². The van der Waals surface area contributed by atoms with Crippen LogP contribution in [0.4, 0.5) is 8.78 Å². The Balaban J connectivity index is 2.67. The first kappa shape index (κ1) is 14.2. The molecule has 0 saturated heterocycles. The maximum Gasteiger partial charge on any atom is 0.184 e. The molecule has 6 heteroatoms. The van der Waals surface area contributed by atoms with Crippen molar-refractivity contribution >= 4 is 22.6 Å². The SMILES string of the molecule is COCC(C)n1c(CCCl)nc2ccc(F)c(F)c21. The molecule has 1 heterocycles. The van der Waals surface area contributed by atoms with Gasteiger partial charge in [0.25, 0.3) is 0 Å². The Hall–Kier alpha value is -1.20. The average Bonchev–Trinajstić information content (AvgIpc) is 2.74. The van der Waals surface area contributed by atoms with E-state index < -0.39 is 11.6 Å². The Morgan fingerprint density at radius 2 is 2.16 bits per heavy atom. The zero-order valence-electron chi connectivity index (χ0n) is 10.8. The fourth-order valence-electron chi connectivity index (χ4n) is 2.22. The van der Waals surface area contributed by atoms with Crippen LogP contribution in [0, 0.1) is 11.6 Å². The molecule has 0 fully saturated rings. The van der Waals surface area contributed by atoms with Crippen molar-refractivity contribution in [3.05, 3.63) is 29.6 Å². The molecule has 0 N–H and O–H groups in total. The standard InChI is InChI=1S/C13H15ClF2N2O/c1-8(7-19-2)18-11(5-6-14)17-10-4-3-9(15)12(16)13(10)18/h3-4,8H,5-7H2,1-2H3. The van der Waals surface area contributed by atoms with E-state index in [0.717, 1.165) is 6.07 Å². The van der Waals surface area contributed by atoms with Crippen LogP contribution in [-0.2, 0) is 11.2 Å². The lowest BCUT2D eigenvalue weighted by Crippen LogP contribution is -2.15. The lowest BCUT2D eigenvalue weighted by Gasteiger charge is -2.16. The van der Waals surface area contributed by atoms with E-state index in [2.05, 4.69) is 4.98 Å². The Morgan fingerprint density at radius 1 is 1.42 bits per heavy atom. The number of hydrogen-bond donors (Lipinski definition) is 0. The molecule has 0 spiro atoms. The highest BCUT2D eigenvalue weighted by molar-refractivity contribution is 6.17. The van der Waals surface area contributed by atoms with Gasteiger partial charge in [0.15, 0.2) is 11.6 Å². The second-order valence-corrected chi connectivity index (χ2v) is 4.75. The van der Waals surface area contributed by atoms with Crippen LogP contribution >= 0.6 is 11.6 Å². The van der Waals surface area contributed by atoms with E-state index in [-0.39, 0.29) is 11.6 Å². The summed E-state index contributed by atoms with van der Waals surface area (Å²) in [6, 6.07) is 2.41. The summed E-state index contributed by atoms with van der Waals surface area (Å²) in [5, 5.41) is 0. The van der Waals surface area contributed by atoms with E-state index in [4.69, 9.17) is 16.3 Å². The number of imidazole rings is 1. The molecule has 1 atom stereocenters. The van der Waals surface area contributed by atoms with Crippen LogP contribution in [0.5, 0.6) is 0 Å². The number of benzene rings is 1. The molecule has 0 saturated carbocycles. The summed E-state index contributed by atoms with van der Waals surface area (Å²) in [7, 11) is 1.56. The smallest absolute Gasteiger partial charge is 0.184 e. The maximum absolute atomic E-state index is 14.0. The Kier molecular flexibility index (Phi) is 4.37. The number of nitrogens with zero attached hydrogens (tertiary/aromatic N) is 2. The summed E-state index contributed by atoms with van der Waals surface area (Å²) >= 11 is 5.74. The molecule has 2 aromatic rings. The molecule has 0 amide bonds. The molecule has 1 unspecified atom stereocenters. The summed E-state index contributed by atoms with van der Waals surface area (Å²) in [6.07, 6.45) is 0.491. The van der Waals surface area contributed by atoms with Crippen LogP contribution in [0.3, 0.4) is 0 Å². The lowest BCUT2D eigenvalue weighted by molar-refractivity contribution is 0.162. The van der Waals surface area contributed by atoms with Gasteiger partial charge in [-0.05, 0) is 19.1 Å². The van der Waals surface area contributed by atoms with Gasteiger partial charge < -0.3 is 9.30 Å². The zero-order chi connectivity index (χ0) is 14.0. The van der Waals surface area contributed by atoms with Crippen molar-refractivity contribution in [3.63, 3.8) is 0 Å². The van der Waals surface area contributed by atoms with E-state index in [9.17, 15) is 8.78 Å². The minimum absolute atomic E-state index is 0.149. The van der Waals surface area contributed by atoms with Crippen molar-refractivity contribution in [1.82, 2.24) is 9.55 Å². The predicted molar refractivity (Wildman–Crippen MR) is 70.7 cm³/mol. The van der Waals surface area contributed by atoms with Crippen LogP contribution in [-0.4, -0.2) is 29.1 Å². The van der Waals surface area contributed by atoms with Crippen LogP contribution in [0.2, 0.25) is 0 Å². The number of alkyl halides is 1. The fourth-order valence-corrected chi connectivity index (χ4v) is 2.39. The first-order chi connectivity index (χ1) is 9.10. The number of fused-ring (bicyclic) bond motifs is 1. The third-order valence-corrected chi connectivity index (χ3v) is 3.17. The van der Waals surface area contributed by atoms with Gasteiger partial charge in [0.1, 0.15) is 11.3 Å². The van der Waals surface area contributed by atoms with Crippen molar-refractivity contribution < 1.29 is 13.5 Å². The van der Waals surface area contributed by atoms with Gasteiger partial charge >= 0.3 is 0 Å². The number of halogens is 3. The monoisotopic (exact) mass is 288 g/mol. The van der Waals surface area contributed by atoms with Crippen molar-refractivity contribution in [2.75, 3.05) is 19.6 Å². The maximum atomic E-state index is 14.0. The van der Waals surface area contributed by atoms with Gasteiger partial charge in [-0.25, -0.2) is 13.8 Å². The third kappa shape index (κ3) is 2.58. The lowest BCUT2D eigenvalue weighted by atomic mass is 10.2. The predicted octanol–water partition coefficient (Wildman–Crippen LogP) is 3.30. The first-order valence-electron chi connectivity index (χ1n) is 5.99. The molecule has 1 aromatic heterocycles. The highest BCUT2D eigenvalue weighted by atomic mass is 35.5. The summed E-state index contributed by atoms with van der Waals surface area (Å²) in [5.74, 6) is -0.754. The Morgan fingerprint density at radius 3 is 2.79 bits per heavy atom. The summed E-state index contributed by atoms with van der Waals surface area (Å²) in [5.41, 5.74) is 0.603. The molecule has 19 heavy (non-hydrogen) atoms. The normalized spacial score (nSPS) is 13.1. The quantitative estimate of drug-likeness (QED) is 0.789. The molecule has 0 aliphatic rings. The van der Waals surface area contributed by atoms with Crippen LogP contribution in [0.25, 0.3) is 11.0 Å². The van der Waals surface area contributed by atoms with Gasteiger partial charge in [-0.2, -0.15) is 0 Å². The van der Waals surface area contributed by atoms with Crippen molar-refractivity contribution in [1.29, 1.82) is 0 Å². The molecular formula is C13H15ClF2N2O. The van der Waals surface area contributed by atoms with Crippen molar-refractivity contribution in [3.8, 4) is 0 Å². The number of ether oxygens (including phenoxy) is 1. The third-order valence-electron chi connectivity index (χ3n) is 2.98. The topological polar surface area (TPSA) is 27.1 Å². The molecule has 0 aliphatic heterocycles. The van der Waals surface area contributed by atoms with Gasteiger partial charge in [-0.15, -0.1) is 11.6 Å². The molecule has 0 aliphatic carbocycles. The molecule has 0 bridgehead atoms. The van der Waals surface area contributed by atoms with E-state index in [1.54, 1.807) is 11.7 Å². The molecule has 2 rings (SSSR count). The van der Waals surface area contributed by atoms with Gasteiger partial charge in [-0.3, -0.25) is 0 Å². The van der Waals surface area contributed by atoms with Gasteiger partial charge in [-0.1, -0.05) is 0 Å². The summed E-state index contributed by atoms with van der Waals surface area (Å²) < 4.78 is 34.2. The molecule has 1 aromatic carbocycles. The second kappa shape index (κ2) is 5.84. The number of aryl methyl sites for hydroxylation is 1. The molecular weight excluding hydrogens is 274 g/mol. The van der Waals surface area contributed by atoms with E-state index >= 15 is 0 Å². The minimum atomic E-state index is -0.881. The van der Waals surface area contributed by atoms with Crippen LogP contribution in [0.15, 0.2) is 12.1 Å². The fraction of sp³-hybridized carbons (Fsp3) is 0.462. The second-order valence-electron chi connectivity index (χ2n) is 4.37. The van der Waals surface area contributed by atoms with Gasteiger partial charge in [0.2, 0.25) is 0 Å². The van der Waals surface area contributed by atoms with Crippen LogP contribution in [0.1, 0.15) is 18.8 Å². The minimum Gasteiger partial charge on any atom is -0.383 e. The molecule has 104 valence electrons. The Labute approximate surface area is 115 Å². The van der Waals surface area contributed by atoms with Crippen molar-refractivity contribution in [2.24, 2.45) is 0 Å². The number of methoxy groups -OCH3 is 1. The van der Waals surface area contributed by atoms with E-state index in [0.29, 0.717) is 30.2 Å². The zero-order valence-corrected chi connectivity index (χ0v) is 11.5. The number of rotatable bonds is 5. The Bertz CT molecular complexity index is 586. The number of aromatic nitrogens is 2. The summed E-state index contributed by atoms with van der Waals surface area (Å²) in [6.45, 7) is 2.25. The largest absolute Gasteiger partial charge is 0.383 e. The van der Waals surface area contributed by atoms with E-state index in [1.165, 1.54) is 6.07 Å². The van der Waals surface area contributed by atoms with Gasteiger partial charge in [0, 0.05) is 19.4 Å². The summed E-state index contributed by atoms with van der Waals surface area (Å²) in [4.78, 5) is 4.32. The first-order valence-corrected chi connectivity index (χ1v) is 6.53. The highest BCUT2D eigenvalue weighted by Gasteiger charge is 2.20. The van der Waals surface area contributed by atoms with Gasteiger partial charge in [0.05, 0.1) is 18.2 Å². The highest BCUT2D eigenvalue weighted by Crippen LogP contribution is 2.26.